The van der Waals surface area contributed by atoms with Crippen molar-refractivity contribution in [3.05, 3.63) is 78.1 Å². The Hall–Kier alpha value is -3.74. The van der Waals surface area contributed by atoms with Crippen molar-refractivity contribution >= 4 is 18.4 Å². The Balaban J connectivity index is 2.08. The van der Waals surface area contributed by atoms with Crippen molar-refractivity contribution in [3.8, 4) is 16.9 Å². The molecule has 2 rings (SSSR count). The third kappa shape index (κ3) is 7.19. The summed E-state index contributed by atoms with van der Waals surface area (Å²) in [6.07, 6.45) is 0.502. The minimum atomic E-state index is -0.692. The average Bonchev–Trinajstić information content (AvgIpc) is 2.76. The number of hydrogen-bond donors (Lipinski definition) is 0. The highest BCUT2D eigenvalue weighted by Gasteiger charge is 2.15. The Morgan fingerprint density at radius 2 is 1.59 bits per heavy atom. The summed E-state index contributed by atoms with van der Waals surface area (Å²) < 4.78 is 29.3. The molecule has 7 heteroatoms. The summed E-state index contributed by atoms with van der Waals surface area (Å²) in [5.41, 5.74) is 2.76. The van der Waals surface area contributed by atoms with Gasteiger partial charge in [-0.3, -0.25) is 4.79 Å². The fourth-order valence-corrected chi connectivity index (χ4v) is 2.77. The van der Waals surface area contributed by atoms with E-state index in [9.17, 15) is 18.8 Å². The Morgan fingerprint density at radius 1 is 0.969 bits per heavy atom. The van der Waals surface area contributed by atoms with Gasteiger partial charge in [0.1, 0.15) is 0 Å². The number of halogens is 1. The van der Waals surface area contributed by atoms with Gasteiger partial charge in [-0.1, -0.05) is 43.5 Å². The molecule has 0 bridgehead atoms. The lowest BCUT2D eigenvalue weighted by atomic mass is 9.97. The van der Waals surface area contributed by atoms with Crippen LogP contribution in [0.2, 0.25) is 0 Å². The van der Waals surface area contributed by atoms with Crippen molar-refractivity contribution in [1.82, 2.24) is 0 Å². The topological polar surface area (TPSA) is 78.9 Å². The van der Waals surface area contributed by atoms with E-state index in [1.165, 1.54) is 19.1 Å². The fourth-order valence-electron chi connectivity index (χ4n) is 2.77. The van der Waals surface area contributed by atoms with Crippen LogP contribution < -0.4 is 4.74 Å². The molecule has 0 saturated heterocycles. The number of hydrogen-bond acceptors (Lipinski definition) is 6. The fraction of sp³-hybridized carbons (Fsp3) is 0.240. The van der Waals surface area contributed by atoms with Gasteiger partial charge in [-0.15, -0.1) is 0 Å². The highest BCUT2D eigenvalue weighted by atomic mass is 19.1. The normalized spacial score (nSPS) is 11.2. The Morgan fingerprint density at radius 3 is 2.16 bits per heavy atom. The first kappa shape index (κ1) is 24.5. The van der Waals surface area contributed by atoms with E-state index in [2.05, 4.69) is 13.2 Å². The smallest absolute Gasteiger partial charge is 0.338 e. The molecular formula is C25H25FO6. The van der Waals surface area contributed by atoms with E-state index in [0.29, 0.717) is 18.5 Å². The van der Waals surface area contributed by atoms with E-state index in [0.717, 1.165) is 11.1 Å². The molecule has 0 aliphatic carbocycles. The zero-order valence-corrected chi connectivity index (χ0v) is 18.1. The summed E-state index contributed by atoms with van der Waals surface area (Å²) in [5, 5.41) is 0. The number of ether oxygens (including phenoxy) is 3. The highest BCUT2D eigenvalue weighted by molar-refractivity contribution is 5.89. The van der Waals surface area contributed by atoms with Crippen molar-refractivity contribution in [2.75, 3.05) is 13.2 Å². The van der Waals surface area contributed by atoms with Crippen LogP contribution in [0.4, 0.5) is 4.39 Å². The van der Waals surface area contributed by atoms with Gasteiger partial charge in [-0.25, -0.2) is 14.0 Å². The second-order valence-electron chi connectivity index (χ2n) is 7.39. The van der Waals surface area contributed by atoms with Crippen LogP contribution in [0, 0.1) is 11.7 Å². The van der Waals surface area contributed by atoms with Crippen LogP contribution in [0.5, 0.6) is 5.75 Å². The second kappa shape index (κ2) is 11.6. The molecule has 32 heavy (non-hydrogen) atoms. The van der Waals surface area contributed by atoms with Crippen LogP contribution in [-0.2, 0) is 30.3 Å². The van der Waals surface area contributed by atoms with Crippen LogP contribution in [0.3, 0.4) is 0 Å². The lowest BCUT2D eigenvalue weighted by molar-refractivity contribution is -0.141. The monoisotopic (exact) mass is 440 g/mol. The van der Waals surface area contributed by atoms with Crippen molar-refractivity contribution in [1.29, 1.82) is 0 Å². The molecule has 0 amide bonds. The number of carbonyl (C=O) groups excluding carboxylic acids is 3. The summed E-state index contributed by atoms with van der Waals surface area (Å²) in [6.45, 7) is 10.6. The van der Waals surface area contributed by atoms with Gasteiger partial charge in [0.15, 0.2) is 11.6 Å². The molecule has 0 heterocycles. The molecule has 2 aromatic carbocycles. The molecule has 6 nitrogen and oxygen atoms in total. The summed E-state index contributed by atoms with van der Waals surface area (Å²) in [7, 11) is 0. The largest absolute Gasteiger partial charge is 0.467 e. The molecule has 0 saturated carbocycles. The maximum absolute atomic E-state index is 14.3. The standard InChI is InChI=1S/C25H25FO6/c1-16(2)24(28)31-14-19(13-30-15-27)11-18-5-7-20(8-6-18)21-9-10-23(22(26)12-21)32-25(29)17(3)4/h5-10,12,15,19H,1,3,11,13-14H2,2,4H3. The third-order valence-corrected chi connectivity index (χ3v) is 4.49. The van der Waals surface area contributed by atoms with Crippen LogP contribution in [-0.4, -0.2) is 31.6 Å². The predicted octanol–water partition coefficient (Wildman–Crippen LogP) is 4.43. The van der Waals surface area contributed by atoms with E-state index >= 15 is 0 Å². The van der Waals surface area contributed by atoms with Gasteiger partial charge in [0.2, 0.25) is 0 Å². The number of rotatable bonds is 11. The molecule has 1 unspecified atom stereocenters. The Bertz CT molecular complexity index is 1010. The molecule has 0 aliphatic heterocycles. The minimum Gasteiger partial charge on any atom is -0.467 e. The van der Waals surface area contributed by atoms with E-state index in [1.54, 1.807) is 13.0 Å². The van der Waals surface area contributed by atoms with Crippen LogP contribution in [0.1, 0.15) is 19.4 Å². The molecule has 0 fully saturated rings. The maximum atomic E-state index is 14.3. The highest BCUT2D eigenvalue weighted by Crippen LogP contribution is 2.27. The van der Waals surface area contributed by atoms with Gasteiger partial charge in [0, 0.05) is 17.1 Å². The Labute approximate surface area is 186 Å². The van der Waals surface area contributed by atoms with E-state index < -0.39 is 17.8 Å². The third-order valence-electron chi connectivity index (χ3n) is 4.49. The molecule has 0 aliphatic rings. The van der Waals surface area contributed by atoms with Gasteiger partial charge in [-0.2, -0.15) is 0 Å². The molecule has 0 N–H and O–H groups in total. The number of esters is 2. The van der Waals surface area contributed by atoms with Gasteiger partial charge in [0.25, 0.3) is 6.47 Å². The van der Waals surface area contributed by atoms with E-state index in [-0.39, 0.29) is 36.0 Å². The molecule has 0 radical (unpaired) electrons. The van der Waals surface area contributed by atoms with Gasteiger partial charge < -0.3 is 14.2 Å². The molecule has 168 valence electrons. The summed E-state index contributed by atoms with van der Waals surface area (Å²) in [5.74, 6) is -2.25. The first-order valence-electron chi connectivity index (χ1n) is 9.85. The molecule has 0 aromatic heterocycles. The van der Waals surface area contributed by atoms with Crippen LogP contribution in [0.25, 0.3) is 11.1 Å². The number of benzene rings is 2. The van der Waals surface area contributed by atoms with Crippen molar-refractivity contribution in [2.45, 2.75) is 20.3 Å². The molecule has 0 spiro atoms. The minimum absolute atomic E-state index is 0.0802. The second-order valence-corrected chi connectivity index (χ2v) is 7.39. The summed E-state index contributed by atoms with van der Waals surface area (Å²) >= 11 is 0. The first-order chi connectivity index (χ1) is 15.2. The molecule has 1 atom stereocenters. The van der Waals surface area contributed by atoms with E-state index in [4.69, 9.17) is 14.2 Å². The van der Waals surface area contributed by atoms with Crippen LogP contribution >= 0.6 is 0 Å². The van der Waals surface area contributed by atoms with Crippen molar-refractivity contribution in [3.63, 3.8) is 0 Å². The SMILES string of the molecule is C=C(C)C(=O)OCC(COC=O)Cc1ccc(-c2ccc(OC(=O)C(=C)C)c(F)c2)cc1. The van der Waals surface area contributed by atoms with Gasteiger partial charge >= 0.3 is 11.9 Å². The zero-order chi connectivity index (χ0) is 23.7. The molecule has 2 aromatic rings. The number of carbonyl (C=O) groups is 3. The summed E-state index contributed by atoms with van der Waals surface area (Å²) in [6, 6.07) is 11.7. The maximum Gasteiger partial charge on any atom is 0.338 e. The van der Waals surface area contributed by atoms with Gasteiger partial charge in [-0.05, 0) is 49.1 Å². The summed E-state index contributed by atoms with van der Waals surface area (Å²) in [4.78, 5) is 33.8. The average molecular weight is 440 g/mol. The van der Waals surface area contributed by atoms with Crippen molar-refractivity contribution in [2.24, 2.45) is 5.92 Å². The lowest BCUT2D eigenvalue weighted by Gasteiger charge is -2.16. The van der Waals surface area contributed by atoms with E-state index in [1.807, 2.05) is 24.3 Å². The Kier molecular flexibility index (Phi) is 8.89. The predicted molar refractivity (Wildman–Crippen MR) is 117 cm³/mol. The van der Waals surface area contributed by atoms with Crippen molar-refractivity contribution < 1.29 is 33.0 Å². The molecular weight excluding hydrogens is 415 g/mol. The van der Waals surface area contributed by atoms with Gasteiger partial charge in [0.05, 0.1) is 13.2 Å². The quantitative estimate of drug-likeness (QED) is 0.223. The van der Waals surface area contributed by atoms with Crippen LogP contribution in [0.15, 0.2) is 66.8 Å². The first-order valence-corrected chi connectivity index (χ1v) is 9.85. The lowest BCUT2D eigenvalue weighted by Crippen LogP contribution is -2.21. The zero-order valence-electron chi connectivity index (χ0n) is 18.1.